The van der Waals surface area contributed by atoms with Crippen LogP contribution in [0.3, 0.4) is 0 Å². The molecule has 0 aromatic carbocycles. The number of rotatable bonds is 6. The number of carbonyl (C=O) groups excluding carboxylic acids is 1. The molecule has 16 heavy (non-hydrogen) atoms. The Kier molecular flexibility index (Phi) is 4.55. The smallest absolute Gasteiger partial charge is 0.325 e. The van der Waals surface area contributed by atoms with Gasteiger partial charge >= 0.3 is 5.97 Å². The van der Waals surface area contributed by atoms with Gasteiger partial charge in [-0.25, -0.2) is 0 Å². The van der Waals surface area contributed by atoms with Gasteiger partial charge in [0, 0.05) is 18.9 Å². The molecule has 1 heterocycles. The molecule has 0 aliphatic carbocycles. The number of ether oxygens (including phenoxy) is 1. The van der Waals surface area contributed by atoms with Gasteiger partial charge in [-0.05, 0) is 25.0 Å². The van der Waals surface area contributed by atoms with Crippen LogP contribution in [0.2, 0.25) is 0 Å². The molecule has 1 aromatic rings. The van der Waals surface area contributed by atoms with Crippen LogP contribution in [-0.2, 0) is 16.1 Å². The van der Waals surface area contributed by atoms with Gasteiger partial charge in [0.05, 0.1) is 7.11 Å². The number of aromatic amines is 1. The Bertz CT molecular complexity index is 322. The van der Waals surface area contributed by atoms with E-state index in [0.29, 0.717) is 6.54 Å². The van der Waals surface area contributed by atoms with Gasteiger partial charge in [-0.3, -0.25) is 10.1 Å². The fraction of sp³-hybridized carbons (Fsp3) is 0.583. The van der Waals surface area contributed by atoms with Gasteiger partial charge in [-0.1, -0.05) is 13.3 Å². The lowest BCUT2D eigenvalue weighted by molar-refractivity contribution is -0.148. The van der Waals surface area contributed by atoms with Crippen LogP contribution in [0.1, 0.15) is 32.3 Å². The van der Waals surface area contributed by atoms with Gasteiger partial charge < -0.3 is 9.72 Å². The van der Waals surface area contributed by atoms with Crippen molar-refractivity contribution >= 4 is 5.97 Å². The van der Waals surface area contributed by atoms with Crippen molar-refractivity contribution in [1.29, 1.82) is 0 Å². The summed E-state index contributed by atoms with van der Waals surface area (Å²) in [6.07, 6.45) is 5.48. The molecule has 4 nitrogen and oxygen atoms in total. The summed E-state index contributed by atoms with van der Waals surface area (Å²) in [5.41, 5.74) is 0.534. The van der Waals surface area contributed by atoms with E-state index >= 15 is 0 Å². The lowest BCUT2D eigenvalue weighted by Crippen LogP contribution is -2.49. The maximum absolute atomic E-state index is 11.7. The molecule has 0 aliphatic rings. The van der Waals surface area contributed by atoms with E-state index in [1.165, 1.54) is 7.11 Å². The Morgan fingerprint density at radius 2 is 2.38 bits per heavy atom. The third kappa shape index (κ3) is 3.10. The van der Waals surface area contributed by atoms with Gasteiger partial charge in [0.25, 0.3) is 0 Å². The molecular formula is C12H20N2O2. The first kappa shape index (κ1) is 12.8. The van der Waals surface area contributed by atoms with Crippen molar-refractivity contribution in [2.24, 2.45) is 0 Å². The number of hydrogen-bond acceptors (Lipinski definition) is 3. The SMILES string of the molecule is CCCC(C)(NCc1cc[nH]c1)C(=O)OC. The molecule has 4 heteroatoms. The lowest BCUT2D eigenvalue weighted by atomic mass is 9.96. The quantitative estimate of drug-likeness (QED) is 0.725. The van der Waals surface area contributed by atoms with Crippen molar-refractivity contribution in [3.63, 3.8) is 0 Å². The second kappa shape index (κ2) is 5.70. The minimum absolute atomic E-state index is 0.204. The number of carbonyl (C=O) groups is 1. The zero-order valence-electron chi connectivity index (χ0n) is 10.2. The average molecular weight is 224 g/mol. The molecule has 0 bridgehead atoms. The summed E-state index contributed by atoms with van der Waals surface area (Å²) in [6, 6.07) is 1.98. The molecule has 0 saturated heterocycles. The van der Waals surface area contributed by atoms with Crippen molar-refractivity contribution in [1.82, 2.24) is 10.3 Å². The zero-order valence-corrected chi connectivity index (χ0v) is 10.2. The molecular weight excluding hydrogens is 204 g/mol. The van der Waals surface area contributed by atoms with E-state index in [4.69, 9.17) is 4.74 Å². The lowest BCUT2D eigenvalue weighted by Gasteiger charge is -2.27. The van der Waals surface area contributed by atoms with Gasteiger partial charge in [-0.2, -0.15) is 0 Å². The molecule has 0 saturated carbocycles. The van der Waals surface area contributed by atoms with Crippen molar-refractivity contribution in [3.8, 4) is 0 Å². The highest BCUT2D eigenvalue weighted by atomic mass is 16.5. The molecule has 90 valence electrons. The predicted molar refractivity (Wildman–Crippen MR) is 63.0 cm³/mol. The highest BCUT2D eigenvalue weighted by Gasteiger charge is 2.32. The molecule has 1 atom stereocenters. The Labute approximate surface area is 96.4 Å². The summed E-state index contributed by atoms with van der Waals surface area (Å²) in [4.78, 5) is 14.7. The van der Waals surface area contributed by atoms with Crippen molar-refractivity contribution in [2.75, 3.05) is 7.11 Å². The van der Waals surface area contributed by atoms with Crippen LogP contribution in [0, 0.1) is 0 Å². The highest BCUT2D eigenvalue weighted by Crippen LogP contribution is 2.15. The van der Waals surface area contributed by atoms with Crippen molar-refractivity contribution in [2.45, 2.75) is 38.8 Å². The van der Waals surface area contributed by atoms with E-state index in [0.717, 1.165) is 18.4 Å². The summed E-state index contributed by atoms with van der Waals surface area (Å²) in [7, 11) is 1.42. The number of hydrogen-bond donors (Lipinski definition) is 2. The summed E-state index contributed by atoms with van der Waals surface area (Å²) in [6.45, 7) is 4.60. The maximum Gasteiger partial charge on any atom is 0.325 e. The summed E-state index contributed by atoms with van der Waals surface area (Å²) < 4.78 is 4.83. The molecule has 2 N–H and O–H groups in total. The van der Waals surface area contributed by atoms with Crippen LogP contribution in [0.15, 0.2) is 18.5 Å². The molecule has 0 spiro atoms. The van der Waals surface area contributed by atoms with Crippen LogP contribution in [0.5, 0.6) is 0 Å². The highest BCUT2D eigenvalue weighted by molar-refractivity contribution is 5.80. The second-order valence-electron chi connectivity index (χ2n) is 4.15. The molecule has 0 fully saturated rings. The van der Waals surface area contributed by atoms with E-state index in [-0.39, 0.29) is 5.97 Å². The standard InChI is InChI=1S/C12H20N2O2/c1-4-6-12(2,11(15)16-3)14-9-10-5-7-13-8-10/h5,7-8,13-14H,4,6,9H2,1-3H3. The minimum Gasteiger partial charge on any atom is -0.468 e. The topological polar surface area (TPSA) is 54.1 Å². The van der Waals surface area contributed by atoms with Crippen LogP contribution in [0.4, 0.5) is 0 Å². The first-order chi connectivity index (χ1) is 7.62. The molecule has 0 amide bonds. The number of esters is 1. The van der Waals surface area contributed by atoms with E-state index in [1.807, 2.05) is 25.4 Å². The largest absolute Gasteiger partial charge is 0.468 e. The summed E-state index contributed by atoms with van der Waals surface area (Å²) >= 11 is 0. The normalized spacial score (nSPS) is 14.4. The third-order valence-electron chi connectivity index (χ3n) is 2.73. The number of aromatic nitrogens is 1. The van der Waals surface area contributed by atoms with E-state index in [1.54, 1.807) is 0 Å². The van der Waals surface area contributed by atoms with Gasteiger partial charge in [0.1, 0.15) is 5.54 Å². The minimum atomic E-state index is -0.596. The molecule has 0 radical (unpaired) electrons. The van der Waals surface area contributed by atoms with Crippen LogP contribution in [-0.4, -0.2) is 23.6 Å². The number of H-pyrrole nitrogens is 1. The zero-order chi connectivity index (χ0) is 12.0. The molecule has 1 unspecified atom stereocenters. The van der Waals surface area contributed by atoms with E-state index in [2.05, 4.69) is 17.2 Å². The summed E-state index contributed by atoms with van der Waals surface area (Å²) in [5.74, 6) is -0.204. The average Bonchev–Trinajstić information content (AvgIpc) is 2.78. The van der Waals surface area contributed by atoms with Gasteiger partial charge in [-0.15, -0.1) is 0 Å². The van der Waals surface area contributed by atoms with Gasteiger partial charge in [0.15, 0.2) is 0 Å². The molecule has 0 aliphatic heterocycles. The Hall–Kier alpha value is -1.29. The van der Waals surface area contributed by atoms with Gasteiger partial charge in [0.2, 0.25) is 0 Å². The first-order valence-electron chi connectivity index (χ1n) is 5.57. The monoisotopic (exact) mass is 224 g/mol. The maximum atomic E-state index is 11.7. The Morgan fingerprint density at radius 1 is 1.62 bits per heavy atom. The fourth-order valence-electron chi connectivity index (χ4n) is 1.75. The van der Waals surface area contributed by atoms with Crippen LogP contribution in [0.25, 0.3) is 0 Å². The fourth-order valence-corrected chi connectivity index (χ4v) is 1.75. The molecule has 1 rings (SSSR count). The first-order valence-corrected chi connectivity index (χ1v) is 5.57. The third-order valence-corrected chi connectivity index (χ3v) is 2.73. The van der Waals surface area contributed by atoms with E-state index < -0.39 is 5.54 Å². The Balaban J connectivity index is 2.60. The van der Waals surface area contributed by atoms with Crippen LogP contribution < -0.4 is 5.32 Å². The van der Waals surface area contributed by atoms with E-state index in [9.17, 15) is 4.79 Å². The summed E-state index contributed by atoms with van der Waals surface area (Å²) in [5, 5.41) is 3.26. The number of nitrogens with one attached hydrogen (secondary N) is 2. The number of methoxy groups -OCH3 is 1. The second-order valence-corrected chi connectivity index (χ2v) is 4.15. The van der Waals surface area contributed by atoms with Crippen molar-refractivity contribution in [3.05, 3.63) is 24.0 Å². The van der Waals surface area contributed by atoms with Crippen molar-refractivity contribution < 1.29 is 9.53 Å². The predicted octanol–water partition coefficient (Wildman–Crippen LogP) is 1.84. The molecule has 1 aromatic heterocycles. The van der Waals surface area contributed by atoms with Crippen LogP contribution >= 0.6 is 0 Å². The Morgan fingerprint density at radius 3 is 2.88 bits per heavy atom.